The summed E-state index contributed by atoms with van der Waals surface area (Å²) in [5.74, 6) is 2.57. The molecule has 6 aromatic rings. The molecule has 2 atom stereocenters. The maximum absolute atomic E-state index is 13.2. The number of benzene rings is 4. The monoisotopic (exact) mass is 601 g/mol. The van der Waals surface area contributed by atoms with Crippen LogP contribution in [-0.2, 0) is 16.6 Å². The SMILES string of the molecule is O=S(=O)(c1ccccc1)n1ccc2cc(Nc3ncnc4ccc(-c5ccc(CN6CC7C(CO)C7C6)cc5)cc34)ccc21. The summed E-state index contributed by atoms with van der Waals surface area (Å²) >= 11 is 0. The highest BCUT2D eigenvalue weighted by Crippen LogP contribution is 2.51. The predicted octanol–water partition coefficient (Wildman–Crippen LogP) is 5.90. The van der Waals surface area contributed by atoms with E-state index >= 15 is 0 Å². The average Bonchev–Trinajstić information content (AvgIpc) is 3.33. The van der Waals surface area contributed by atoms with Gasteiger partial charge in [-0.15, -0.1) is 0 Å². The highest BCUT2D eigenvalue weighted by molar-refractivity contribution is 7.90. The molecule has 0 spiro atoms. The Morgan fingerprint density at radius 3 is 2.39 bits per heavy atom. The van der Waals surface area contributed by atoms with E-state index in [1.807, 2.05) is 24.3 Å². The van der Waals surface area contributed by atoms with Crippen molar-refractivity contribution in [2.24, 2.45) is 17.8 Å². The van der Waals surface area contributed by atoms with Gasteiger partial charge in [-0.1, -0.05) is 48.5 Å². The molecule has 0 amide bonds. The number of rotatable bonds is 8. The standard InChI is InChI=1S/C35H31N5O3S/c41-21-32-30-19-39(20-31(30)32)18-23-6-8-24(9-7-23)25-10-12-33-29(17-25)35(37-22-36-33)38-27-11-13-34-26(16-27)14-15-40(34)44(42,43)28-4-2-1-3-5-28/h1-17,22,30-32,41H,18-21H2,(H,36,37,38). The zero-order valence-corrected chi connectivity index (χ0v) is 24.7. The van der Waals surface area contributed by atoms with Crippen LogP contribution < -0.4 is 5.32 Å². The lowest BCUT2D eigenvalue weighted by atomic mass is 10.0. The van der Waals surface area contributed by atoms with Crippen molar-refractivity contribution in [3.63, 3.8) is 0 Å². The molecule has 2 N–H and O–H groups in total. The zero-order valence-electron chi connectivity index (χ0n) is 23.9. The second-order valence-electron chi connectivity index (χ2n) is 11.8. The minimum atomic E-state index is -3.70. The number of nitrogens with one attached hydrogen (secondary N) is 1. The molecule has 1 aliphatic heterocycles. The van der Waals surface area contributed by atoms with Gasteiger partial charge in [-0.05, 0) is 83.0 Å². The van der Waals surface area contributed by atoms with Crippen molar-refractivity contribution in [2.75, 3.05) is 25.0 Å². The normalized spacial score (nSPS) is 19.8. The summed E-state index contributed by atoms with van der Waals surface area (Å²) in [4.78, 5) is 11.8. The Hall–Kier alpha value is -4.57. The van der Waals surface area contributed by atoms with Crippen molar-refractivity contribution in [3.8, 4) is 11.1 Å². The molecule has 8 nitrogen and oxygen atoms in total. The molecule has 2 unspecified atom stereocenters. The van der Waals surface area contributed by atoms with Crippen molar-refractivity contribution in [1.29, 1.82) is 0 Å². The fraction of sp³-hybridized carbons (Fsp3) is 0.200. The third-order valence-corrected chi connectivity index (χ3v) is 10.9. The van der Waals surface area contributed by atoms with Crippen LogP contribution in [0.15, 0.2) is 114 Å². The van der Waals surface area contributed by atoms with Gasteiger partial charge in [0.1, 0.15) is 12.1 Å². The molecule has 220 valence electrons. The fourth-order valence-electron chi connectivity index (χ4n) is 6.78. The molecule has 8 rings (SSSR count). The Kier molecular flexibility index (Phi) is 6.48. The van der Waals surface area contributed by atoms with Crippen LogP contribution in [0.25, 0.3) is 32.9 Å². The molecular formula is C35H31N5O3S. The molecule has 2 aliphatic rings. The van der Waals surface area contributed by atoms with Crippen LogP contribution in [0.2, 0.25) is 0 Å². The summed E-state index contributed by atoms with van der Waals surface area (Å²) in [5.41, 5.74) is 5.73. The Bertz CT molecular complexity index is 2100. The Balaban J connectivity index is 1.03. The quantitative estimate of drug-likeness (QED) is 0.224. The van der Waals surface area contributed by atoms with Crippen LogP contribution in [0.4, 0.5) is 11.5 Å². The summed E-state index contributed by atoms with van der Waals surface area (Å²) in [6.07, 6.45) is 3.14. The number of fused-ring (bicyclic) bond motifs is 3. The van der Waals surface area contributed by atoms with Crippen LogP contribution in [0.1, 0.15) is 5.56 Å². The molecule has 44 heavy (non-hydrogen) atoms. The van der Waals surface area contributed by atoms with Crippen molar-refractivity contribution < 1.29 is 13.5 Å². The molecule has 9 heteroatoms. The number of aliphatic hydroxyl groups is 1. The van der Waals surface area contributed by atoms with Crippen molar-refractivity contribution in [1.82, 2.24) is 18.8 Å². The van der Waals surface area contributed by atoms with Crippen molar-refractivity contribution >= 4 is 43.3 Å². The van der Waals surface area contributed by atoms with Gasteiger partial charge in [-0.3, -0.25) is 4.90 Å². The first-order valence-corrected chi connectivity index (χ1v) is 16.3. The lowest BCUT2D eigenvalue weighted by molar-refractivity contribution is 0.217. The smallest absolute Gasteiger partial charge is 0.268 e. The minimum absolute atomic E-state index is 0.248. The van der Waals surface area contributed by atoms with E-state index in [1.165, 1.54) is 9.54 Å². The number of aromatic nitrogens is 3. The van der Waals surface area contributed by atoms with E-state index in [0.29, 0.717) is 35.7 Å². The van der Waals surface area contributed by atoms with E-state index in [4.69, 9.17) is 0 Å². The number of hydrogen-bond acceptors (Lipinski definition) is 7. The first-order valence-electron chi connectivity index (χ1n) is 14.8. The van der Waals surface area contributed by atoms with E-state index in [1.54, 1.807) is 48.9 Å². The highest BCUT2D eigenvalue weighted by atomic mass is 32.2. The number of piperidine rings is 1. The van der Waals surface area contributed by atoms with Crippen molar-refractivity contribution in [2.45, 2.75) is 11.4 Å². The van der Waals surface area contributed by atoms with Gasteiger partial charge < -0.3 is 10.4 Å². The summed E-state index contributed by atoms with van der Waals surface area (Å²) in [6, 6.07) is 30.8. The van der Waals surface area contributed by atoms with Crippen LogP contribution in [0.5, 0.6) is 0 Å². The highest BCUT2D eigenvalue weighted by Gasteiger charge is 2.54. The molecule has 0 radical (unpaired) electrons. The van der Waals surface area contributed by atoms with E-state index in [9.17, 15) is 13.5 Å². The summed E-state index contributed by atoms with van der Waals surface area (Å²) in [5, 5.41) is 14.6. The molecule has 1 saturated carbocycles. The Labute approximate surface area is 255 Å². The first-order chi connectivity index (χ1) is 21.5. The topological polar surface area (TPSA) is 100 Å². The largest absolute Gasteiger partial charge is 0.396 e. The van der Waals surface area contributed by atoms with Gasteiger partial charge in [0.05, 0.1) is 15.9 Å². The fourth-order valence-corrected chi connectivity index (χ4v) is 8.15. The third kappa shape index (κ3) is 4.73. The first kappa shape index (κ1) is 27.0. The lowest BCUT2D eigenvalue weighted by Crippen LogP contribution is -2.24. The van der Waals surface area contributed by atoms with Gasteiger partial charge in [0.15, 0.2) is 0 Å². The molecule has 2 fully saturated rings. The van der Waals surface area contributed by atoms with Gasteiger partial charge >= 0.3 is 0 Å². The maximum atomic E-state index is 13.2. The van der Waals surface area contributed by atoms with Crippen LogP contribution in [0.3, 0.4) is 0 Å². The van der Waals surface area contributed by atoms with E-state index < -0.39 is 10.0 Å². The third-order valence-electron chi connectivity index (χ3n) is 9.20. The number of anilines is 2. The molecule has 0 bridgehead atoms. The Morgan fingerprint density at radius 2 is 1.61 bits per heavy atom. The van der Waals surface area contributed by atoms with E-state index in [0.717, 1.165) is 52.7 Å². The lowest BCUT2D eigenvalue weighted by Gasteiger charge is -2.19. The molecule has 1 aliphatic carbocycles. The van der Waals surface area contributed by atoms with Gasteiger partial charge in [0.25, 0.3) is 10.0 Å². The van der Waals surface area contributed by atoms with Gasteiger partial charge in [-0.25, -0.2) is 22.4 Å². The van der Waals surface area contributed by atoms with Crippen LogP contribution in [-0.4, -0.2) is 52.1 Å². The molecule has 1 saturated heterocycles. The van der Waals surface area contributed by atoms with E-state index in [2.05, 4.69) is 56.6 Å². The molecule has 3 heterocycles. The average molecular weight is 602 g/mol. The van der Waals surface area contributed by atoms with Gasteiger partial charge in [0, 0.05) is 48.9 Å². The number of aliphatic hydroxyl groups excluding tert-OH is 1. The summed E-state index contributed by atoms with van der Waals surface area (Å²) < 4.78 is 27.8. The van der Waals surface area contributed by atoms with E-state index in [-0.39, 0.29) is 4.90 Å². The number of likely N-dealkylation sites (tertiary alicyclic amines) is 1. The second kappa shape index (κ2) is 10.6. The summed E-state index contributed by atoms with van der Waals surface area (Å²) in [7, 11) is -3.70. The molecule has 2 aromatic heterocycles. The molecule has 4 aromatic carbocycles. The van der Waals surface area contributed by atoms with Crippen LogP contribution in [0, 0.1) is 17.8 Å². The minimum Gasteiger partial charge on any atom is -0.396 e. The maximum Gasteiger partial charge on any atom is 0.268 e. The van der Waals surface area contributed by atoms with Crippen molar-refractivity contribution in [3.05, 3.63) is 115 Å². The Morgan fingerprint density at radius 1 is 0.841 bits per heavy atom. The predicted molar refractivity (Wildman–Crippen MR) is 172 cm³/mol. The number of hydrogen-bond donors (Lipinski definition) is 2. The second-order valence-corrected chi connectivity index (χ2v) is 13.7. The zero-order chi connectivity index (χ0) is 29.8. The summed E-state index contributed by atoms with van der Waals surface area (Å²) in [6.45, 7) is 3.45. The van der Waals surface area contributed by atoms with Gasteiger partial charge in [-0.2, -0.15) is 0 Å². The number of nitrogens with zero attached hydrogens (tertiary/aromatic N) is 4. The van der Waals surface area contributed by atoms with Crippen LogP contribution >= 0.6 is 0 Å². The molecular weight excluding hydrogens is 570 g/mol. The van der Waals surface area contributed by atoms with Gasteiger partial charge in [0.2, 0.25) is 0 Å².